The third-order valence-electron chi connectivity index (χ3n) is 4.05. The first-order chi connectivity index (χ1) is 12.7. The molecule has 2 aromatic carbocycles. The van der Waals surface area contributed by atoms with Crippen LogP contribution in [0, 0.1) is 0 Å². The standard InChI is InChI=1S/C20H22N2O3S/c23-19-10-11-26-14-18(22-19)20(24)21-12-15-6-8-17(9-7-15)25-13-16-4-2-1-3-5-16/h1-9,18H,10-14H2,(H,21,24)(H,22,23)/t18-/m1/s1. The van der Waals surface area contributed by atoms with Crippen LogP contribution in [0.5, 0.6) is 5.75 Å². The van der Waals surface area contributed by atoms with Crippen LogP contribution >= 0.6 is 11.8 Å². The summed E-state index contributed by atoms with van der Waals surface area (Å²) in [7, 11) is 0. The molecule has 0 saturated carbocycles. The second kappa shape index (κ2) is 9.29. The zero-order valence-electron chi connectivity index (χ0n) is 14.4. The summed E-state index contributed by atoms with van der Waals surface area (Å²) in [6.07, 6.45) is 0.471. The van der Waals surface area contributed by atoms with Crippen LogP contribution in [-0.2, 0) is 22.7 Å². The summed E-state index contributed by atoms with van der Waals surface area (Å²) >= 11 is 1.62. The van der Waals surface area contributed by atoms with E-state index in [9.17, 15) is 9.59 Å². The molecule has 0 radical (unpaired) electrons. The summed E-state index contributed by atoms with van der Waals surface area (Å²) in [4.78, 5) is 23.8. The van der Waals surface area contributed by atoms with Crippen LogP contribution in [0.1, 0.15) is 17.5 Å². The Bertz CT molecular complexity index is 734. The van der Waals surface area contributed by atoms with Crippen LogP contribution in [-0.4, -0.2) is 29.4 Å². The zero-order chi connectivity index (χ0) is 18.2. The minimum Gasteiger partial charge on any atom is -0.489 e. The van der Waals surface area contributed by atoms with E-state index >= 15 is 0 Å². The summed E-state index contributed by atoms with van der Waals surface area (Å²) in [6.45, 7) is 0.949. The molecule has 2 amide bonds. The van der Waals surface area contributed by atoms with Crippen molar-refractivity contribution in [2.24, 2.45) is 0 Å². The molecule has 0 aliphatic carbocycles. The lowest BCUT2D eigenvalue weighted by Gasteiger charge is -2.15. The number of hydrogen-bond acceptors (Lipinski definition) is 4. The van der Waals surface area contributed by atoms with Crippen molar-refractivity contribution in [1.82, 2.24) is 10.6 Å². The van der Waals surface area contributed by atoms with Gasteiger partial charge in [0, 0.05) is 24.5 Å². The first-order valence-corrected chi connectivity index (χ1v) is 9.76. The number of benzene rings is 2. The lowest BCUT2D eigenvalue weighted by Crippen LogP contribution is -2.47. The Kier molecular flexibility index (Phi) is 6.55. The van der Waals surface area contributed by atoms with Gasteiger partial charge in [-0.25, -0.2) is 0 Å². The third kappa shape index (κ3) is 5.52. The number of thioether (sulfide) groups is 1. The first kappa shape index (κ1) is 18.3. The normalized spacial score (nSPS) is 17.1. The maximum Gasteiger partial charge on any atom is 0.243 e. The minimum absolute atomic E-state index is 0.0601. The van der Waals surface area contributed by atoms with Crippen LogP contribution in [0.3, 0.4) is 0 Å². The zero-order valence-corrected chi connectivity index (χ0v) is 15.3. The van der Waals surface area contributed by atoms with Gasteiger partial charge in [0.25, 0.3) is 0 Å². The number of rotatable bonds is 6. The minimum atomic E-state index is -0.455. The average Bonchev–Trinajstić information content (AvgIpc) is 2.90. The predicted octanol–water partition coefficient (Wildman–Crippen LogP) is 2.50. The highest BCUT2D eigenvalue weighted by Crippen LogP contribution is 2.15. The molecule has 1 fully saturated rings. The molecular formula is C20H22N2O3S. The average molecular weight is 370 g/mol. The van der Waals surface area contributed by atoms with Crippen molar-refractivity contribution < 1.29 is 14.3 Å². The number of carbonyl (C=O) groups is 2. The van der Waals surface area contributed by atoms with Crippen molar-refractivity contribution in [2.45, 2.75) is 25.6 Å². The molecule has 1 atom stereocenters. The lowest BCUT2D eigenvalue weighted by atomic mass is 10.2. The topological polar surface area (TPSA) is 67.4 Å². The number of ether oxygens (including phenoxy) is 1. The highest BCUT2D eigenvalue weighted by Gasteiger charge is 2.23. The van der Waals surface area contributed by atoms with Crippen molar-refractivity contribution in [2.75, 3.05) is 11.5 Å². The predicted molar refractivity (Wildman–Crippen MR) is 103 cm³/mol. The molecule has 136 valence electrons. The van der Waals surface area contributed by atoms with Gasteiger partial charge in [-0.15, -0.1) is 0 Å². The Morgan fingerprint density at radius 2 is 1.88 bits per heavy atom. The highest BCUT2D eigenvalue weighted by atomic mass is 32.2. The van der Waals surface area contributed by atoms with Gasteiger partial charge >= 0.3 is 0 Å². The molecule has 3 rings (SSSR count). The van der Waals surface area contributed by atoms with E-state index in [0.29, 0.717) is 25.3 Å². The van der Waals surface area contributed by atoms with E-state index in [1.165, 1.54) is 0 Å². The van der Waals surface area contributed by atoms with Gasteiger partial charge in [0.1, 0.15) is 18.4 Å². The molecule has 26 heavy (non-hydrogen) atoms. The van der Waals surface area contributed by atoms with Gasteiger partial charge in [-0.2, -0.15) is 11.8 Å². The monoisotopic (exact) mass is 370 g/mol. The Morgan fingerprint density at radius 1 is 1.12 bits per heavy atom. The molecule has 1 saturated heterocycles. The number of hydrogen-bond donors (Lipinski definition) is 2. The van der Waals surface area contributed by atoms with Gasteiger partial charge in [-0.1, -0.05) is 42.5 Å². The quantitative estimate of drug-likeness (QED) is 0.820. The van der Waals surface area contributed by atoms with E-state index in [2.05, 4.69) is 10.6 Å². The second-order valence-corrected chi connectivity index (χ2v) is 7.23. The van der Waals surface area contributed by atoms with E-state index in [-0.39, 0.29) is 11.8 Å². The smallest absolute Gasteiger partial charge is 0.243 e. The van der Waals surface area contributed by atoms with Gasteiger partial charge in [-0.3, -0.25) is 9.59 Å². The first-order valence-electron chi connectivity index (χ1n) is 8.61. The summed E-state index contributed by atoms with van der Waals surface area (Å²) < 4.78 is 5.76. The highest BCUT2D eigenvalue weighted by molar-refractivity contribution is 7.99. The summed E-state index contributed by atoms with van der Waals surface area (Å²) in [5, 5.41) is 5.65. The molecule has 0 aromatic heterocycles. The molecule has 1 heterocycles. The van der Waals surface area contributed by atoms with E-state index < -0.39 is 6.04 Å². The molecule has 0 unspecified atom stereocenters. The Labute approximate surface area is 157 Å². The molecule has 5 nitrogen and oxygen atoms in total. The van der Waals surface area contributed by atoms with E-state index in [1.54, 1.807) is 11.8 Å². The van der Waals surface area contributed by atoms with Crippen LogP contribution in [0.25, 0.3) is 0 Å². The third-order valence-corrected chi connectivity index (χ3v) is 5.11. The molecule has 1 aliphatic heterocycles. The Hall–Kier alpha value is -2.47. The second-order valence-electron chi connectivity index (χ2n) is 6.08. The van der Waals surface area contributed by atoms with Crippen molar-refractivity contribution >= 4 is 23.6 Å². The van der Waals surface area contributed by atoms with Gasteiger partial charge < -0.3 is 15.4 Å². The molecule has 0 bridgehead atoms. The van der Waals surface area contributed by atoms with Crippen LogP contribution in [0.2, 0.25) is 0 Å². The van der Waals surface area contributed by atoms with Gasteiger partial charge in [0.05, 0.1) is 0 Å². The van der Waals surface area contributed by atoms with Crippen molar-refractivity contribution in [3.8, 4) is 5.75 Å². The Balaban J connectivity index is 1.46. The van der Waals surface area contributed by atoms with E-state index in [4.69, 9.17) is 4.74 Å². The molecule has 2 N–H and O–H groups in total. The van der Waals surface area contributed by atoms with E-state index in [0.717, 1.165) is 22.6 Å². The fourth-order valence-corrected chi connectivity index (χ4v) is 3.54. The molecular weight excluding hydrogens is 348 g/mol. The van der Waals surface area contributed by atoms with Gasteiger partial charge in [-0.05, 0) is 23.3 Å². The maximum atomic E-state index is 12.2. The number of amides is 2. The Morgan fingerprint density at radius 3 is 2.65 bits per heavy atom. The van der Waals surface area contributed by atoms with Crippen molar-refractivity contribution in [3.05, 3.63) is 65.7 Å². The summed E-state index contributed by atoms with van der Waals surface area (Å²) in [6, 6.07) is 17.2. The molecule has 2 aromatic rings. The summed E-state index contributed by atoms with van der Waals surface area (Å²) in [5.41, 5.74) is 2.10. The molecule has 0 spiro atoms. The molecule has 6 heteroatoms. The fraction of sp³-hybridized carbons (Fsp3) is 0.300. The van der Waals surface area contributed by atoms with E-state index in [1.807, 2.05) is 54.6 Å². The van der Waals surface area contributed by atoms with Gasteiger partial charge in [0.2, 0.25) is 11.8 Å². The van der Waals surface area contributed by atoms with Crippen molar-refractivity contribution in [3.63, 3.8) is 0 Å². The van der Waals surface area contributed by atoms with Gasteiger partial charge in [0.15, 0.2) is 0 Å². The fourth-order valence-electron chi connectivity index (χ4n) is 2.57. The summed E-state index contributed by atoms with van der Waals surface area (Å²) in [5.74, 6) is 1.97. The van der Waals surface area contributed by atoms with Crippen LogP contribution in [0.15, 0.2) is 54.6 Å². The largest absolute Gasteiger partial charge is 0.489 e. The number of nitrogens with one attached hydrogen (secondary N) is 2. The maximum absolute atomic E-state index is 12.2. The number of carbonyl (C=O) groups excluding carboxylic acids is 2. The van der Waals surface area contributed by atoms with Crippen LogP contribution in [0.4, 0.5) is 0 Å². The van der Waals surface area contributed by atoms with Crippen LogP contribution < -0.4 is 15.4 Å². The lowest BCUT2D eigenvalue weighted by molar-refractivity contribution is -0.128. The molecule has 1 aliphatic rings. The SMILES string of the molecule is O=C1CCSC[C@H](C(=O)NCc2ccc(OCc3ccccc3)cc2)N1. The van der Waals surface area contributed by atoms with Crippen molar-refractivity contribution in [1.29, 1.82) is 0 Å².